The number of aromatic amines is 1. The lowest BCUT2D eigenvalue weighted by molar-refractivity contribution is -0.124. The molecule has 0 spiro atoms. The smallest absolute Gasteiger partial charge is 0.355 e. The first-order valence-electron chi connectivity index (χ1n) is 7.18. The molecule has 6 nitrogen and oxygen atoms in total. The van der Waals surface area contributed by atoms with E-state index in [-0.39, 0.29) is 19.1 Å². The maximum atomic E-state index is 12.0. The Morgan fingerprint density at radius 1 is 1.26 bits per heavy atom. The molecular formula is C17H16N2O4. The first-order valence-corrected chi connectivity index (χ1v) is 7.18. The number of hydrogen-bond donors (Lipinski definition) is 2. The number of aryl methyl sites for hydroxylation is 1. The summed E-state index contributed by atoms with van der Waals surface area (Å²) in [6.07, 6.45) is 1.53. The molecule has 2 heterocycles. The third-order valence-corrected chi connectivity index (χ3v) is 3.48. The average molecular weight is 312 g/mol. The van der Waals surface area contributed by atoms with Crippen LogP contribution in [0.2, 0.25) is 0 Å². The number of aromatic nitrogens is 1. The zero-order valence-corrected chi connectivity index (χ0v) is 12.6. The van der Waals surface area contributed by atoms with E-state index in [1.165, 1.54) is 6.26 Å². The zero-order valence-electron chi connectivity index (χ0n) is 12.6. The van der Waals surface area contributed by atoms with Crippen molar-refractivity contribution in [2.45, 2.75) is 13.5 Å². The molecule has 3 rings (SSSR count). The molecule has 0 saturated heterocycles. The van der Waals surface area contributed by atoms with Gasteiger partial charge >= 0.3 is 5.97 Å². The quantitative estimate of drug-likeness (QED) is 0.709. The molecule has 0 saturated carbocycles. The van der Waals surface area contributed by atoms with E-state index in [1.54, 1.807) is 18.2 Å². The van der Waals surface area contributed by atoms with Crippen LogP contribution in [-0.2, 0) is 16.1 Å². The van der Waals surface area contributed by atoms with E-state index >= 15 is 0 Å². The predicted molar refractivity (Wildman–Crippen MR) is 83.9 cm³/mol. The summed E-state index contributed by atoms with van der Waals surface area (Å²) in [4.78, 5) is 26.7. The van der Waals surface area contributed by atoms with E-state index in [4.69, 9.17) is 9.15 Å². The second-order valence-electron chi connectivity index (χ2n) is 5.15. The topological polar surface area (TPSA) is 84.3 Å². The van der Waals surface area contributed by atoms with Crippen molar-refractivity contribution in [3.8, 4) is 0 Å². The number of furan rings is 1. The number of H-pyrrole nitrogens is 1. The first-order chi connectivity index (χ1) is 11.1. The molecule has 0 atom stereocenters. The number of carbonyl (C=O) groups excluding carboxylic acids is 2. The fourth-order valence-corrected chi connectivity index (χ4v) is 2.28. The number of rotatable bonds is 5. The molecule has 1 aromatic carbocycles. The molecule has 0 aliphatic heterocycles. The molecule has 0 radical (unpaired) electrons. The fraction of sp³-hybridized carbons (Fsp3) is 0.176. The van der Waals surface area contributed by atoms with Crippen LogP contribution < -0.4 is 5.32 Å². The van der Waals surface area contributed by atoms with Gasteiger partial charge in [-0.05, 0) is 36.8 Å². The monoisotopic (exact) mass is 312 g/mol. The molecule has 1 amide bonds. The molecule has 2 aromatic heterocycles. The van der Waals surface area contributed by atoms with Gasteiger partial charge in [-0.2, -0.15) is 0 Å². The fourth-order valence-electron chi connectivity index (χ4n) is 2.28. The molecule has 0 bridgehead atoms. The normalized spacial score (nSPS) is 10.7. The van der Waals surface area contributed by atoms with Gasteiger partial charge in [-0.15, -0.1) is 0 Å². The molecule has 0 aliphatic rings. The summed E-state index contributed by atoms with van der Waals surface area (Å²) in [7, 11) is 0. The van der Waals surface area contributed by atoms with Gasteiger partial charge in [0.05, 0.1) is 12.8 Å². The summed E-state index contributed by atoms with van der Waals surface area (Å²) in [5, 5.41) is 3.57. The van der Waals surface area contributed by atoms with E-state index in [0.29, 0.717) is 11.5 Å². The maximum Gasteiger partial charge on any atom is 0.355 e. The number of esters is 1. The van der Waals surface area contributed by atoms with Crippen LogP contribution in [0.4, 0.5) is 0 Å². The predicted octanol–water partition coefficient (Wildman–Crippen LogP) is 2.54. The van der Waals surface area contributed by atoms with Crippen molar-refractivity contribution in [1.82, 2.24) is 10.3 Å². The summed E-state index contributed by atoms with van der Waals surface area (Å²) >= 11 is 0. The van der Waals surface area contributed by atoms with Gasteiger partial charge in [0.25, 0.3) is 5.91 Å². The number of hydrogen-bond acceptors (Lipinski definition) is 4. The van der Waals surface area contributed by atoms with Crippen LogP contribution >= 0.6 is 0 Å². The average Bonchev–Trinajstić information content (AvgIpc) is 3.20. The largest absolute Gasteiger partial charge is 0.467 e. The van der Waals surface area contributed by atoms with Crippen molar-refractivity contribution in [3.05, 3.63) is 59.7 Å². The third-order valence-electron chi connectivity index (χ3n) is 3.48. The minimum atomic E-state index is -0.561. The zero-order chi connectivity index (χ0) is 16.2. The Hall–Kier alpha value is -3.02. The number of fused-ring (bicyclic) bond motifs is 1. The van der Waals surface area contributed by atoms with Crippen molar-refractivity contribution >= 4 is 22.8 Å². The molecule has 3 aromatic rings. The highest BCUT2D eigenvalue weighted by atomic mass is 16.5. The van der Waals surface area contributed by atoms with Crippen LogP contribution in [0.3, 0.4) is 0 Å². The standard InChI is InChI=1S/C17H16N2O4/c1-11-4-2-6-14-13(11)8-15(19-14)17(21)23-10-16(20)18-9-12-5-3-7-22-12/h2-8,19H,9-10H2,1H3,(H,18,20). The minimum absolute atomic E-state index is 0.259. The minimum Gasteiger partial charge on any atom is -0.467 e. The Kier molecular flexibility index (Phi) is 4.14. The molecule has 118 valence electrons. The van der Waals surface area contributed by atoms with Gasteiger partial charge in [-0.25, -0.2) is 4.79 Å². The summed E-state index contributed by atoms with van der Waals surface area (Å²) in [5.41, 5.74) is 2.25. The molecule has 23 heavy (non-hydrogen) atoms. The lowest BCUT2D eigenvalue weighted by Crippen LogP contribution is -2.28. The van der Waals surface area contributed by atoms with Crippen LogP contribution in [0.5, 0.6) is 0 Å². The highest BCUT2D eigenvalue weighted by molar-refractivity contribution is 5.96. The third kappa shape index (κ3) is 3.42. The first kappa shape index (κ1) is 14.9. The van der Waals surface area contributed by atoms with Crippen LogP contribution in [0.1, 0.15) is 21.8 Å². The van der Waals surface area contributed by atoms with E-state index in [9.17, 15) is 9.59 Å². The van der Waals surface area contributed by atoms with Crippen molar-refractivity contribution in [1.29, 1.82) is 0 Å². The van der Waals surface area contributed by atoms with Gasteiger partial charge < -0.3 is 19.5 Å². The SMILES string of the molecule is Cc1cccc2[nH]c(C(=O)OCC(=O)NCc3ccco3)cc12. The number of benzene rings is 1. The summed E-state index contributed by atoms with van der Waals surface area (Å²) in [5.74, 6) is -0.313. The van der Waals surface area contributed by atoms with Gasteiger partial charge in [-0.3, -0.25) is 4.79 Å². The molecular weight excluding hydrogens is 296 g/mol. The molecule has 2 N–H and O–H groups in total. The van der Waals surface area contributed by atoms with Crippen molar-refractivity contribution in [2.24, 2.45) is 0 Å². The number of amides is 1. The van der Waals surface area contributed by atoms with Crippen molar-refractivity contribution < 1.29 is 18.7 Å². The van der Waals surface area contributed by atoms with Crippen LogP contribution in [0, 0.1) is 6.92 Å². The Morgan fingerprint density at radius 2 is 2.13 bits per heavy atom. The Balaban J connectivity index is 1.55. The van der Waals surface area contributed by atoms with Crippen molar-refractivity contribution in [2.75, 3.05) is 6.61 Å². The summed E-state index contributed by atoms with van der Waals surface area (Å²) in [6.45, 7) is 1.89. The number of nitrogens with one attached hydrogen (secondary N) is 2. The Bertz CT molecular complexity index is 834. The van der Waals surface area contributed by atoms with Gasteiger partial charge in [0.1, 0.15) is 11.5 Å². The van der Waals surface area contributed by atoms with Gasteiger partial charge in [0.2, 0.25) is 0 Å². The number of ether oxygens (including phenoxy) is 1. The summed E-state index contributed by atoms with van der Waals surface area (Å²) in [6, 6.07) is 11.0. The van der Waals surface area contributed by atoms with Crippen LogP contribution in [0.15, 0.2) is 47.1 Å². The molecule has 0 unspecified atom stereocenters. The lowest BCUT2D eigenvalue weighted by atomic mass is 10.1. The summed E-state index contributed by atoms with van der Waals surface area (Å²) < 4.78 is 10.1. The highest BCUT2D eigenvalue weighted by Gasteiger charge is 2.13. The Labute approximate surface area is 132 Å². The van der Waals surface area contributed by atoms with Gasteiger partial charge in [0, 0.05) is 10.9 Å². The molecule has 6 heteroatoms. The molecule has 0 fully saturated rings. The van der Waals surface area contributed by atoms with E-state index in [1.807, 2.05) is 25.1 Å². The maximum absolute atomic E-state index is 12.0. The number of carbonyl (C=O) groups is 2. The van der Waals surface area contributed by atoms with Crippen LogP contribution in [0.25, 0.3) is 10.9 Å². The van der Waals surface area contributed by atoms with E-state index < -0.39 is 5.97 Å². The Morgan fingerprint density at radius 3 is 2.87 bits per heavy atom. The van der Waals surface area contributed by atoms with Gasteiger partial charge in [0.15, 0.2) is 6.61 Å². The second kappa shape index (κ2) is 6.39. The van der Waals surface area contributed by atoms with E-state index in [0.717, 1.165) is 16.5 Å². The lowest BCUT2D eigenvalue weighted by Gasteiger charge is -2.04. The van der Waals surface area contributed by atoms with Gasteiger partial charge in [-0.1, -0.05) is 12.1 Å². The second-order valence-corrected chi connectivity index (χ2v) is 5.15. The van der Waals surface area contributed by atoms with E-state index in [2.05, 4.69) is 10.3 Å². The van der Waals surface area contributed by atoms with Crippen molar-refractivity contribution in [3.63, 3.8) is 0 Å². The highest BCUT2D eigenvalue weighted by Crippen LogP contribution is 2.19. The molecule has 0 aliphatic carbocycles. The van der Waals surface area contributed by atoms with Crippen LogP contribution in [-0.4, -0.2) is 23.5 Å².